The Morgan fingerprint density at radius 1 is 1.20 bits per heavy atom. The van der Waals surface area contributed by atoms with E-state index in [2.05, 4.69) is 20.5 Å². The number of pyridine rings is 1. The first-order valence-electron chi connectivity index (χ1n) is 8.19. The Balaban J connectivity index is 1.61. The quantitative estimate of drug-likeness (QED) is 0.695. The third-order valence-corrected chi connectivity index (χ3v) is 3.75. The summed E-state index contributed by atoms with van der Waals surface area (Å²) in [6, 6.07) is 15.3. The first-order valence-corrected chi connectivity index (χ1v) is 8.19. The number of benzene rings is 1. The van der Waals surface area contributed by atoms with Crippen molar-refractivity contribution in [1.29, 1.82) is 0 Å². The maximum absolute atomic E-state index is 12.2. The summed E-state index contributed by atoms with van der Waals surface area (Å²) in [5.41, 5.74) is 3.19. The summed E-state index contributed by atoms with van der Waals surface area (Å²) in [4.78, 5) is 16.4. The third kappa shape index (κ3) is 4.44. The first-order chi connectivity index (χ1) is 12.3. The number of amides is 1. The zero-order valence-electron chi connectivity index (χ0n) is 14.0. The van der Waals surface area contributed by atoms with Gasteiger partial charge in [-0.15, -0.1) is 0 Å². The number of H-pyrrole nitrogens is 1. The van der Waals surface area contributed by atoms with Crippen LogP contribution in [0.2, 0.25) is 0 Å². The number of ether oxygens (including phenoxy) is 1. The number of rotatable bonds is 7. The lowest BCUT2D eigenvalue weighted by Crippen LogP contribution is -2.23. The second-order valence-corrected chi connectivity index (χ2v) is 5.56. The van der Waals surface area contributed by atoms with Crippen LogP contribution in [0.5, 0.6) is 5.88 Å². The number of carbonyl (C=O) groups is 1. The van der Waals surface area contributed by atoms with Gasteiger partial charge in [-0.25, -0.2) is 4.98 Å². The Kier molecular flexibility index (Phi) is 5.41. The Bertz CT molecular complexity index is 830. The van der Waals surface area contributed by atoms with Gasteiger partial charge in [0.25, 0.3) is 5.91 Å². The van der Waals surface area contributed by atoms with Crippen molar-refractivity contribution in [2.24, 2.45) is 0 Å². The lowest BCUT2D eigenvalue weighted by molar-refractivity contribution is 0.0945. The van der Waals surface area contributed by atoms with Crippen LogP contribution in [0.15, 0.2) is 54.7 Å². The summed E-state index contributed by atoms with van der Waals surface area (Å²) in [5, 5.41) is 9.70. The molecule has 2 aromatic heterocycles. The van der Waals surface area contributed by atoms with E-state index in [0.29, 0.717) is 24.7 Å². The van der Waals surface area contributed by atoms with Crippen LogP contribution in [0.3, 0.4) is 0 Å². The molecule has 0 aliphatic rings. The Labute approximate surface area is 146 Å². The van der Waals surface area contributed by atoms with E-state index in [1.807, 2.05) is 49.4 Å². The van der Waals surface area contributed by atoms with Crippen molar-refractivity contribution in [3.05, 3.63) is 77.2 Å². The highest BCUT2D eigenvalue weighted by atomic mass is 16.5. The van der Waals surface area contributed by atoms with Gasteiger partial charge < -0.3 is 10.1 Å². The number of nitrogens with one attached hydrogen (secondary N) is 2. The van der Waals surface area contributed by atoms with E-state index in [1.54, 1.807) is 12.3 Å². The smallest absolute Gasteiger partial charge is 0.272 e. The average molecular weight is 336 g/mol. The summed E-state index contributed by atoms with van der Waals surface area (Å²) in [7, 11) is 0. The van der Waals surface area contributed by atoms with E-state index in [4.69, 9.17) is 4.74 Å². The van der Waals surface area contributed by atoms with Crippen molar-refractivity contribution in [2.45, 2.75) is 26.5 Å². The fourth-order valence-corrected chi connectivity index (χ4v) is 2.34. The predicted octanol–water partition coefficient (Wildman–Crippen LogP) is 2.88. The number of aryl methyl sites for hydroxylation is 1. The molecule has 3 rings (SSSR count). The molecule has 25 heavy (non-hydrogen) atoms. The van der Waals surface area contributed by atoms with Crippen molar-refractivity contribution in [2.75, 3.05) is 0 Å². The van der Waals surface area contributed by atoms with Crippen molar-refractivity contribution in [1.82, 2.24) is 20.5 Å². The van der Waals surface area contributed by atoms with Crippen LogP contribution >= 0.6 is 0 Å². The molecule has 1 aromatic carbocycles. The molecule has 0 saturated carbocycles. The molecule has 0 fully saturated rings. The van der Waals surface area contributed by atoms with Crippen LogP contribution in [0.1, 0.15) is 34.2 Å². The van der Waals surface area contributed by atoms with E-state index in [1.165, 1.54) is 0 Å². The number of hydrogen-bond donors (Lipinski definition) is 2. The standard InChI is InChI=1S/C19H20N4O2/c1-2-16-11-17(23-22-16)18(24)21-12-15-9-6-10-20-19(15)25-13-14-7-4-3-5-8-14/h3-11H,2,12-13H2,1H3,(H,21,24)(H,22,23). The molecule has 0 aliphatic heterocycles. The van der Waals surface area contributed by atoms with Crippen LogP contribution in [0.25, 0.3) is 0 Å². The van der Waals surface area contributed by atoms with Crippen LogP contribution in [-0.4, -0.2) is 21.1 Å². The number of aromatic nitrogens is 3. The molecule has 1 amide bonds. The minimum Gasteiger partial charge on any atom is -0.473 e. The van der Waals surface area contributed by atoms with E-state index in [0.717, 1.165) is 23.2 Å². The van der Waals surface area contributed by atoms with E-state index in [9.17, 15) is 4.79 Å². The number of hydrogen-bond acceptors (Lipinski definition) is 4. The van der Waals surface area contributed by atoms with Gasteiger partial charge in [0, 0.05) is 24.0 Å². The predicted molar refractivity (Wildman–Crippen MR) is 94.1 cm³/mol. The summed E-state index contributed by atoms with van der Waals surface area (Å²) in [5.74, 6) is 0.289. The molecule has 2 N–H and O–H groups in total. The van der Waals surface area contributed by atoms with Gasteiger partial charge in [-0.1, -0.05) is 43.3 Å². The second-order valence-electron chi connectivity index (χ2n) is 5.56. The largest absolute Gasteiger partial charge is 0.473 e. The van der Waals surface area contributed by atoms with Gasteiger partial charge in [0.15, 0.2) is 0 Å². The molecule has 0 atom stereocenters. The fraction of sp³-hybridized carbons (Fsp3) is 0.211. The summed E-state index contributed by atoms with van der Waals surface area (Å²) in [6.07, 6.45) is 2.48. The summed E-state index contributed by atoms with van der Waals surface area (Å²) in [6.45, 7) is 2.75. The fourth-order valence-electron chi connectivity index (χ4n) is 2.34. The summed E-state index contributed by atoms with van der Waals surface area (Å²) < 4.78 is 5.80. The number of aromatic amines is 1. The molecule has 2 heterocycles. The molecule has 128 valence electrons. The second kappa shape index (κ2) is 8.10. The average Bonchev–Trinajstić information content (AvgIpc) is 3.15. The molecule has 0 radical (unpaired) electrons. The topological polar surface area (TPSA) is 79.9 Å². The third-order valence-electron chi connectivity index (χ3n) is 3.75. The van der Waals surface area contributed by atoms with Crippen LogP contribution in [0, 0.1) is 0 Å². The minimum absolute atomic E-state index is 0.228. The van der Waals surface area contributed by atoms with E-state index < -0.39 is 0 Å². The van der Waals surface area contributed by atoms with Gasteiger partial charge in [-0.2, -0.15) is 5.10 Å². The van der Waals surface area contributed by atoms with Crippen molar-refractivity contribution in [3.63, 3.8) is 0 Å². The van der Waals surface area contributed by atoms with Gasteiger partial charge in [-0.3, -0.25) is 9.89 Å². The molecular weight excluding hydrogens is 316 g/mol. The highest BCUT2D eigenvalue weighted by Crippen LogP contribution is 2.16. The van der Waals surface area contributed by atoms with Gasteiger partial charge in [-0.05, 0) is 24.1 Å². The van der Waals surface area contributed by atoms with Crippen LogP contribution in [-0.2, 0) is 19.6 Å². The van der Waals surface area contributed by atoms with Crippen molar-refractivity contribution in [3.8, 4) is 5.88 Å². The van der Waals surface area contributed by atoms with Gasteiger partial charge in [0.05, 0.1) is 0 Å². The molecular formula is C19H20N4O2. The van der Waals surface area contributed by atoms with E-state index >= 15 is 0 Å². The highest BCUT2D eigenvalue weighted by Gasteiger charge is 2.11. The summed E-state index contributed by atoms with van der Waals surface area (Å²) >= 11 is 0. The Morgan fingerprint density at radius 3 is 2.80 bits per heavy atom. The van der Waals surface area contributed by atoms with Gasteiger partial charge in [0.2, 0.25) is 5.88 Å². The molecule has 0 bridgehead atoms. The lowest BCUT2D eigenvalue weighted by atomic mass is 10.2. The zero-order chi connectivity index (χ0) is 17.5. The molecule has 0 unspecified atom stereocenters. The molecule has 0 aliphatic carbocycles. The normalized spacial score (nSPS) is 10.4. The zero-order valence-corrected chi connectivity index (χ0v) is 14.0. The Hall–Kier alpha value is -3.15. The van der Waals surface area contributed by atoms with E-state index in [-0.39, 0.29) is 5.91 Å². The number of nitrogens with zero attached hydrogens (tertiary/aromatic N) is 2. The Morgan fingerprint density at radius 2 is 2.04 bits per heavy atom. The highest BCUT2D eigenvalue weighted by molar-refractivity contribution is 5.92. The molecule has 0 spiro atoms. The van der Waals surface area contributed by atoms with Gasteiger partial charge >= 0.3 is 0 Å². The lowest BCUT2D eigenvalue weighted by Gasteiger charge is -2.10. The SMILES string of the molecule is CCc1cc(C(=O)NCc2cccnc2OCc2ccccc2)n[nH]1. The first kappa shape index (κ1) is 16.7. The maximum atomic E-state index is 12.2. The molecule has 0 saturated heterocycles. The molecule has 6 nitrogen and oxygen atoms in total. The minimum atomic E-state index is -0.228. The van der Waals surface area contributed by atoms with Crippen LogP contribution < -0.4 is 10.1 Å². The number of carbonyl (C=O) groups excluding carboxylic acids is 1. The monoisotopic (exact) mass is 336 g/mol. The van der Waals surface area contributed by atoms with Crippen molar-refractivity contribution >= 4 is 5.91 Å². The maximum Gasteiger partial charge on any atom is 0.272 e. The molecule has 3 aromatic rings. The molecule has 6 heteroatoms. The van der Waals surface area contributed by atoms with Crippen molar-refractivity contribution < 1.29 is 9.53 Å². The van der Waals surface area contributed by atoms with Gasteiger partial charge in [0.1, 0.15) is 12.3 Å². The van der Waals surface area contributed by atoms with Crippen LogP contribution in [0.4, 0.5) is 0 Å².